The standard InChI is InChI=1S/C20H18N2O4S/c1-12-4-7-14(8-5-12)22-19(24)16(18(23)21-20(22)27)10-13-6-9-15(25-2)11-17(13)26-3/h4-11H,1-3H3,(H,21,23,27)/b16-10+. The van der Waals surface area contributed by atoms with E-state index in [1.54, 1.807) is 37.4 Å². The van der Waals surface area contributed by atoms with Gasteiger partial charge in [0, 0.05) is 11.6 Å². The third-order valence-electron chi connectivity index (χ3n) is 4.13. The maximum Gasteiger partial charge on any atom is 0.270 e. The SMILES string of the molecule is COc1ccc(/C=C2\C(=O)NC(=S)N(c3ccc(C)cc3)C2=O)c(OC)c1. The van der Waals surface area contributed by atoms with Gasteiger partial charge in [0.05, 0.1) is 19.9 Å². The highest BCUT2D eigenvalue weighted by Gasteiger charge is 2.34. The van der Waals surface area contributed by atoms with Crippen LogP contribution < -0.4 is 19.7 Å². The monoisotopic (exact) mass is 382 g/mol. The van der Waals surface area contributed by atoms with Gasteiger partial charge in [-0.3, -0.25) is 19.8 Å². The molecule has 1 heterocycles. The number of hydrogen-bond donors (Lipinski definition) is 1. The molecule has 27 heavy (non-hydrogen) atoms. The molecule has 1 N–H and O–H groups in total. The van der Waals surface area contributed by atoms with Gasteiger partial charge in [0.2, 0.25) is 0 Å². The summed E-state index contributed by atoms with van der Waals surface area (Å²) in [5.41, 5.74) is 2.18. The molecule has 0 unspecified atom stereocenters. The van der Waals surface area contributed by atoms with Gasteiger partial charge >= 0.3 is 0 Å². The third kappa shape index (κ3) is 3.68. The summed E-state index contributed by atoms with van der Waals surface area (Å²) in [5.74, 6) is 0.0464. The molecule has 0 radical (unpaired) electrons. The minimum Gasteiger partial charge on any atom is -0.497 e. The Hall–Kier alpha value is -3.19. The van der Waals surface area contributed by atoms with Crippen molar-refractivity contribution in [3.63, 3.8) is 0 Å². The Morgan fingerprint density at radius 2 is 1.74 bits per heavy atom. The van der Waals surface area contributed by atoms with E-state index in [1.807, 2.05) is 19.1 Å². The molecule has 2 aromatic carbocycles. The summed E-state index contributed by atoms with van der Waals surface area (Å²) in [4.78, 5) is 26.7. The summed E-state index contributed by atoms with van der Waals surface area (Å²) < 4.78 is 10.5. The number of ether oxygens (including phenoxy) is 2. The minimum atomic E-state index is -0.550. The van der Waals surface area contributed by atoms with Crippen LogP contribution in [0.1, 0.15) is 11.1 Å². The number of aryl methyl sites for hydroxylation is 1. The van der Waals surface area contributed by atoms with Gasteiger partial charge in [0.25, 0.3) is 11.8 Å². The molecule has 3 rings (SSSR count). The molecular formula is C20H18N2O4S. The van der Waals surface area contributed by atoms with Gasteiger partial charge in [-0.2, -0.15) is 0 Å². The Balaban J connectivity index is 2.03. The maximum absolute atomic E-state index is 13.0. The number of anilines is 1. The molecule has 1 aliphatic heterocycles. The molecule has 2 aromatic rings. The van der Waals surface area contributed by atoms with Crippen molar-refractivity contribution in [3.8, 4) is 11.5 Å². The van der Waals surface area contributed by atoms with E-state index < -0.39 is 11.8 Å². The van der Waals surface area contributed by atoms with Crippen molar-refractivity contribution in [2.45, 2.75) is 6.92 Å². The fraction of sp³-hybridized carbons (Fsp3) is 0.150. The van der Waals surface area contributed by atoms with E-state index in [2.05, 4.69) is 5.32 Å². The van der Waals surface area contributed by atoms with Gasteiger partial charge in [-0.15, -0.1) is 0 Å². The van der Waals surface area contributed by atoms with Crippen molar-refractivity contribution in [1.82, 2.24) is 5.32 Å². The van der Waals surface area contributed by atoms with Gasteiger partial charge in [-0.25, -0.2) is 0 Å². The molecule has 1 fully saturated rings. The fourth-order valence-electron chi connectivity index (χ4n) is 2.68. The number of nitrogens with zero attached hydrogens (tertiary/aromatic N) is 1. The van der Waals surface area contributed by atoms with Crippen LogP contribution in [0.25, 0.3) is 6.08 Å². The second-order valence-corrected chi connectivity index (χ2v) is 6.29. The van der Waals surface area contributed by atoms with Crippen LogP contribution in [0.3, 0.4) is 0 Å². The first kappa shape index (κ1) is 18.6. The van der Waals surface area contributed by atoms with E-state index in [1.165, 1.54) is 18.1 Å². The Labute approximate surface area is 162 Å². The highest BCUT2D eigenvalue weighted by atomic mass is 32.1. The van der Waals surface area contributed by atoms with E-state index in [0.29, 0.717) is 22.7 Å². The number of carbonyl (C=O) groups excluding carboxylic acids is 2. The van der Waals surface area contributed by atoms with Gasteiger partial charge in [0.15, 0.2) is 5.11 Å². The zero-order valence-electron chi connectivity index (χ0n) is 15.1. The largest absolute Gasteiger partial charge is 0.497 e. The van der Waals surface area contributed by atoms with Crippen molar-refractivity contribution >= 4 is 40.9 Å². The molecule has 138 valence electrons. The van der Waals surface area contributed by atoms with Crippen LogP contribution in [-0.4, -0.2) is 31.1 Å². The second-order valence-electron chi connectivity index (χ2n) is 5.90. The van der Waals surface area contributed by atoms with Crippen molar-refractivity contribution in [1.29, 1.82) is 0 Å². The number of benzene rings is 2. The lowest BCUT2D eigenvalue weighted by atomic mass is 10.1. The summed E-state index contributed by atoms with van der Waals surface area (Å²) in [6.07, 6.45) is 1.49. The van der Waals surface area contributed by atoms with Gasteiger partial charge in [-0.1, -0.05) is 17.7 Å². The summed E-state index contributed by atoms with van der Waals surface area (Å²) >= 11 is 5.20. The summed E-state index contributed by atoms with van der Waals surface area (Å²) in [7, 11) is 3.05. The van der Waals surface area contributed by atoms with Crippen molar-refractivity contribution in [2.24, 2.45) is 0 Å². The highest BCUT2D eigenvalue weighted by Crippen LogP contribution is 2.28. The van der Waals surface area contributed by atoms with Crippen LogP contribution in [0.5, 0.6) is 11.5 Å². The average Bonchev–Trinajstić information content (AvgIpc) is 2.66. The predicted molar refractivity (Wildman–Crippen MR) is 107 cm³/mol. The molecule has 0 saturated carbocycles. The first-order chi connectivity index (χ1) is 12.9. The molecule has 7 heteroatoms. The van der Waals surface area contributed by atoms with Crippen LogP contribution in [0, 0.1) is 6.92 Å². The first-order valence-corrected chi connectivity index (χ1v) is 8.55. The Morgan fingerprint density at radius 1 is 1.04 bits per heavy atom. The predicted octanol–water partition coefficient (Wildman–Crippen LogP) is 2.84. The number of thiocarbonyl (C=S) groups is 1. The van der Waals surface area contributed by atoms with E-state index in [4.69, 9.17) is 21.7 Å². The third-order valence-corrected chi connectivity index (χ3v) is 4.42. The number of nitrogens with one attached hydrogen (secondary N) is 1. The smallest absolute Gasteiger partial charge is 0.270 e. The minimum absolute atomic E-state index is 0.0346. The van der Waals surface area contributed by atoms with Gasteiger partial charge in [-0.05, 0) is 49.5 Å². The lowest BCUT2D eigenvalue weighted by Crippen LogP contribution is -2.54. The van der Waals surface area contributed by atoms with Crippen LogP contribution in [0.4, 0.5) is 5.69 Å². The van der Waals surface area contributed by atoms with E-state index >= 15 is 0 Å². The van der Waals surface area contributed by atoms with Crippen molar-refractivity contribution < 1.29 is 19.1 Å². The molecule has 0 atom stereocenters. The zero-order valence-corrected chi connectivity index (χ0v) is 15.9. The van der Waals surface area contributed by atoms with Crippen molar-refractivity contribution in [3.05, 3.63) is 59.2 Å². The van der Waals surface area contributed by atoms with E-state index in [-0.39, 0.29) is 10.7 Å². The second kappa shape index (κ2) is 7.59. The maximum atomic E-state index is 13.0. The Bertz CT molecular complexity index is 951. The van der Waals surface area contributed by atoms with Crippen molar-refractivity contribution in [2.75, 3.05) is 19.1 Å². The number of methoxy groups -OCH3 is 2. The molecule has 1 saturated heterocycles. The first-order valence-electron chi connectivity index (χ1n) is 8.14. The quantitative estimate of drug-likeness (QED) is 0.500. The normalized spacial score (nSPS) is 15.7. The van der Waals surface area contributed by atoms with E-state index in [9.17, 15) is 9.59 Å². The number of amides is 2. The lowest BCUT2D eigenvalue weighted by Gasteiger charge is -2.29. The highest BCUT2D eigenvalue weighted by molar-refractivity contribution is 7.80. The fourth-order valence-corrected chi connectivity index (χ4v) is 2.96. The molecule has 1 aliphatic rings. The zero-order chi connectivity index (χ0) is 19.6. The molecule has 0 aromatic heterocycles. The Morgan fingerprint density at radius 3 is 2.37 bits per heavy atom. The topological polar surface area (TPSA) is 67.9 Å². The van der Waals surface area contributed by atoms with E-state index in [0.717, 1.165) is 5.56 Å². The summed E-state index contributed by atoms with van der Waals surface area (Å²) in [5, 5.41) is 2.62. The molecule has 2 amide bonds. The summed E-state index contributed by atoms with van der Waals surface area (Å²) in [6, 6.07) is 12.4. The molecule has 0 bridgehead atoms. The van der Waals surface area contributed by atoms with Gasteiger partial charge in [0.1, 0.15) is 17.1 Å². The summed E-state index contributed by atoms with van der Waals surface area (Å²) in [6.45, 7) is 1.95. The Kier molecular flexibility index (Phi) is 5.23. The number of hydrogen-bond acceptors (Lipinski definition) is 5. The number of carbonyl (C=O) groups is 2. The molecule has 0 spiro atoms. The van der Waals surface area contributed by atoms with Crippen LogP contribution in [0.2, 0.25) is 0 Å². The molecule has 6 nitrogen and oxygen atoms in total. The van der Waals surface area contributed by atoms with Gasteiger partial charge < -0.3 is 9.47 Å². The van der Waals surface area contributed by atoms with Crippen LogP contribution in [0.15, 0.2) is 48.0 Å². The molecular weight excluding hydrogens is 364 g/mol. The lowest BCUT2D eigenvalue weighted by molar-refractivity contribution is -0.122. The van der Waals surface area contributed by atoms with Crippen LogP contribution in [-0.2, 0) is 9.59 Å². The van der Waals surface area contributed by atoms with Crippen LogP contribution >= 0.6 is 12.2 Å². The number of rotatable bonds is 4. The molecule has 0 aliphatic carbocycles. The average molecular weight is 382 g/mol.